The molecule has 0 aliphatic rings. The van der Waals surface area contributed by atoms with Gasteiger partial charge in [0.1, 0.15) is 5.75 Å². The smallest absolute Gasteiger partial charge is 0.125 e. The van der Waals surface area contributed by atoms with Gasteiger partial charge in [0.15, 0.2) is 0 Å². The highest BCUT2D eigenvalue weighted by molar-refractivity contribution is 7.98. The molecule has 3 nitrogen and oxygen atoms in total. The Kier molecular flexibility index (Phi) is 4.45. The molecule has 84 valence electrons. The van der Waals surface area contributed by atoms with Gasteiger partial charge in [0, 0.05) is 17.0 Å². The first kappa shape index (κ1) is 12.4. The number of aliphatic hydroxyl groups is 1. The molecule has 1 aromatic rings. The lowest BCUT2D eigenvalue weighted by molar-refractivity contribution is 0.182. The summed E-state index contributed by atoms with van der Waals surface area (Å²) in [6, 6.07) is 3.87. The molecule has 1 rings (SSSR count). The molecule has 0 amide bonds. The van der Waals surface area contributed by atoms with Crippen molar-refractivity contribution in [2.24, 2.45) is 5.73 Å². The minimum Gasteiger partial charge on any atom is -0.496 e. The van der Waals surface area contributed by atoms with E-state index < -0.39 is 6.10 Å². The van der Waals surface area contributed by atoms with E-state index in [1.807, 2.05) is 25.3 Å². The number of rotatable bonds is 4. The summed E-state index contributed by atoms with van der Waals surface area (Å²) >= 11 is 1.65. The maximum atomic E-state index is 9.74. The van der Waals surface area contributed by atoms with Crippen LogP contribution in [0.1, 0.15) is 17.2 Å². The Labute approximate surface area is 94.6 Å². The van der Waals surface area contributed by atoms with E-state index in [2.05, 4.69) is 0 Å². The Bertz CT molecular complexity index is 342. The van der Waals surface area contributed by atoms with Crippen LogP contribution in [-0.4, -0.2) is 25.0 Å². The Hall–Kier alpha value is -0.710. The predicted molar refractivity (Wildman–Crippen MR) is 63.5 cm³/mol. The van der Waals surface area contributed by atoms with Crippen molar-refractivity contribution in [2.75, 3.05) is 19.9 Å². The molecule has 15 heavy (non-hydrogen) atoms. The summed E-state index contributed by atoms with van der Waals surface area (Å²) in [5.74, 6) is 0.697. The van der Waals surface area contributed by atoms with Gasteiger partial charge < -0.3 is 15.6 Å². The normalized spacial score (nSPS) is 12.6. The zero-order valence-electron chi connectivity index (χ0n) is 9.28. The van der Waals surface area contributed by atoms with Gasteiger partial charge in [-0.05, 0) is 30.9 Å². The van der Waals surface area contributed by atoms with Crippen LogP contribution in [0.4, 0.5) is 0 Å². The minimum absolute atomic E-state index is 0.202. The molecule has 0 aliphatic carbocycles. The molecule has 0 fully saturated rings. The van der Waals surface area contributed by atoms with E-state index in [0.29, 0.717) is 5.75 Å². The summed E-state index contributed by atoms with van der Waals surface area (Å²) in [6.07, 6.45) is 1.35. The van der Waals surface area contributed by atoms with E-state index in [4.69, 9.17) is 10.5 Å². The Morgan fingerprint density at radius 1 is 1.53 bits per heavy atom. The maximum absolute atomic E-state index is 9.74. The third kappa shape index (κ3) is 2.65. The van der Waals surface area contributed by atoms with Crippen LogP contribution < -0.4 is 10.5 Å². The average Bonchev–Trinajstić information content (AvgIpc) is 2.27. The van der Waals surface area contributed by atoms with Crippen LogP contribution in [0.2, 0.25) is 0 Å². The van der Waals surface area contributed by atoms with Crippen LogP contribution in [0.3, 0.4) is 0 Å². The van der Waals surface area contributed by atoms with Crippen molar-refractivity contribution in [1.29, 1.82) is 0 Å². The van der Waals surface area contributed by atoms with E-state index in [1.54, 1.807) is 18.9 Å². The highest BCUT2D eigenvalue weighted by Crippen LogP contribution is 2.32. The third-order valence-electron chi connectivity index (χ3n) is 2.33. The van der Waals surface area contributed by atoms with Gasteiger partial charge in [-0.25, -0.2) is 0 Å². The molecule has 0 radical (unpaired) electrons. The molecule has 0 saturated heterocycles. The monoisotopic (exact) mass is 227 g/mol. The van der Waals surface area contributed by atoms with E-state index >= 15 is 0 Å². The molecule has 0 saturated carbocycles. The second-order valence-corrected chi connectivity index (χ2v) is 4.16. The third-order valence-corrected chi connectivity index (χ3v) is 3.21. The highest BCUT2D eigenvalue weighted by Gasteiger charge is 2.14. The number of hydrogen-bond donors (Lipinski definition) is 2. The molecule has 4 heteroatoms. The highest BCUT2D eigenvalue weighted by atomic mass is 32.2. The van der Waals surface area contributed by atoms with Crippen molar-refractivity contribution >= 4 is 11.8 Å². The number of nitrogens with two attached hydrogens (primary N) is 1. The number of hydrogen-bond acceptors (Lipinski definition) is 4. The van der Waals surface area contributed by atoms with E-state index in [1.165, 1.54) is 0 Å². The molecule has 0 heterocycles. The lowest BCUT2D eigenvalue weighted by atomic mass is 10.1. The first-order chi connectivity index (χ1) is 7.13. The summed E-state index contributed by atoms with van der Waals surface area (Å²) in [5.41, 5.74) is 7.35. The summed E-state index contributed by atoms with van der Waals surface area (Å²) < 4.78 is 5.22. The second-order valence-electron chi connectivity index (χ2n) is 3.32. The lowest BCUT2D eigenvalue weighted by Crippen LogP contribution is -2.12. The molecule has 0 spiro atoms. The summed E-state index contributed by atoms with van der Waals surface area (Å²) in [6.45, 7) is 2.22. The minimum atomic E-state index is -0.661. The predicted octanol–water partition coefficient (Wildman–Crippen LogP) is 1.72. The van der Waals surface area contributed by atoms with Gasteiger partial charge in [-0.15, -0.1) is 11.8 Å². The van der Waals surface area contributed by atoms with Crippen LogP contribution in [0, 0.1) is 6.92 Å². The van der Waals surface area contributed by atoms with Gasteiger partial charge in [0.2, 0.25) is 0 Å². The zero-order valence-corrected chi connectivity index (χ0v) is 10.1. The van der Waals surface area contributed by atoms with Gasteiger partial charge in [-0.3, -0.25) is 0 Å². The molecular formula is C11H17NO2S. The van der Waals surface area contributed by atoms with E-state index in [0.717, 1.165) is 16.0 Å². The fourth-order valence-corrected chi connectivity index (χ4v) is 2.09. The van der Waals surface area contributed by atoms with Crippen molar-refractivity contribution in [2.45, 2.75) is 17.9 Å². The van der Waals surface area contributed by atoms with Crippen molar-refractivity contribution in [3.8, 4) is 5.75 Å². The van der Waals surface area contributed by atoms with Crippen LogP contribution in [-0.2, 0) is 0 Å². The van der Waals surface area contributed by atoms with Gasteiger partial charge in [0.05, 0.1) is 13.2 Å². The van der Waals surface area contributed by atoms with Gasteiger partial charge >= 0.3 is 0 Å². The molecule has 1 atom stereocenters. The molecular weight excluding hydrogens is 210 g/mol. The number of thioether (sulfide) groups is 1. The molecule has 0 aliphatic heterocycles. The van der Waals surface area contributed by atoms with Crippen LogP contribution >= 0.6 is 11.8 Å². The number of benzene rings is 1. The van der Waals surface area contributed by atoms with Crippen molar-refractivity contribution in [3.05, 3.63) is 23.3 Å². The number of methoxy groups -OCH3 is 1. The zero-order chi connectivity index (χ0) is 11.4. The largest absolute Gasteiger partial charge is 0.496 e. The quantitative estimate of drug-likeness (QED) is 0.769. The molecule has 0 aromatic heterocycles. The van der Waals surface area contributed by atoms with Gasteiger partial charge in [0.25, 0.3) is 0 Å². The first-order valence-electron chi connectivity index (χ1n) is 4.74. The summed E-state index contributed by atoms with van der Waals surface area (Å²) in [7, 11) is 1.60. The summed E-state index contributed by atoms with van der Waals surface area (Å²) in [5, 5.41) is 9.74. The van der Waals surface area contributed by atoms with E-state index in [-0.39, 0.29) is 6.54 Å². The van der Waals surface area contributed by atoms with Crippen LogP contribution in [0.25, 0.3) is 0 Å². The standard InChI is InChI=1S/C11H17NO2S/c1-7-4-10(14-2)8(9(13)6-12)5-11(7)15-3/h4-5,9,13H,6,12H2,1-3H3. The fourth-order valence-electron chi connectivity index (χ4n) is 1.46. The number of aryl methyl sites for hydroxylation is 1. The molecule has 1 aromatic carbocycles. The molecule has 3 N–H and O–H groups in total. The average molecular weight is 227 g/mol. The number of aliphatic hydroxyl groups excluding tert-OH is 1. The summed E-state index contributed by atoms with van der Waals surface area (Å²) in [4.78, 5) is 1.14. The Balaban J connectivity index is 3.22. The Morgan fingerprint density at radius 2 is 2.20 bits per heavy atom. The lowest BCUT2D eigenvalue weighted by Gasteiger charge is -2.15. The van der Waals surface area contributed by atoms with Gasteiger partial charge in [-0.1, -0.05) is 0 Å². The van der Waals surface area contributed by atoms with Crippen LogP contribution in [0.15, 0.2) is 17.0 Å². The van der Waals surface area contributed by atoms with Crippen molar-refractivity contribution in [1.82, 2.24) is 0 Å². The molecule has 1 unspecified atom stereocenters. The van der Waals surface area contributed by atoms with Crippen molar-refractivity contribution in [3.63, 3.8) is 0 Å². The van der Waals surface area contributed by atoms with Crippen molar-refractivity contribution < 1.29 is 9.84 Å². The molecule has 0 bridgehead atoms. The first-order valence-corrected chi connectivity index (χ1v) is 5.97. The Morgan fingerprint density at radius 3 is 2.67 bits per heavy atom. The van der Waals surface area contributed by atoms with E-state index in [9.17, 15) is 5.11 Å². The SMILES string of the molecule is COc1cc(C)c(SC)cc1C(O)CN. The van der Waals surface area contributed by atoms with Crippen LogP contribution in [0.5, 0.6) is 5.75 Å². The maximum Gasteiger partial charge on any atom is 0.125 e. The topological polar surface area (TPSA) is 55.5 Å². The van der Waals surface area contributed by atoms with Gasteiger partial charge in [-0.2, -0.15) is 0 Å². The number of ether oxygens (including phenoxy) is 1. The fraction of sp³-hybridized carbons (Fsp3) is 0.455. The second kappa shape index (κ2) is 5.39.